The number of fused-ring (bicyclic) bond motifs is 1. The molecule has 2 atom stereocenters. The van der Waals surface area contributed by atoms with Gasteiger partial charge in [-0.25, -0.2) is 13.6 Å². The van der Waals surface area contributed by atoms with Crippen LogP contribution in [0.15, 0.2) is 78.8 Å². The van der Waals surface area contributed by atoms with Crippen molar-refractivity contribution in [3.05, 3.63) is 106 Å². The Balaban J connectivity index is 1.49. The summed E-state index contributed by atoms with van der Waals surface area (Å²) in [4.78, 5) is 20.2. The van der Waals surface area contributed by atoms with Gasteiger partial charge in [-0.15, -0.1) is 13.2 Å². The molecule has 0 aliphatic rings. The number of alkyl halides is 1. The number of aryl methyl sites for hydroxylation is 1. The topological polar surface area (TPSA) is 125 Å². The van der Waals surface area contributed by atoms with Gasteiger partial charge in [-0.05, 0) is 67.1 Å². The van der Waals surface area contributed by atoms with E-state index in [1.807, 2.05) is 24.3 Å². The van der Waals surface area contributed by atoms with Gasteiger partial charge in [0, 0.05) is 42.3 Å². The van der Waals surface area contributed by atoms with Crippen molar-refractivity contribution in [1.82, 2.24) is 25.2 Å². The van der Waals surface area contributed by atoms with Crippen LogP contribution in [0.2, 0.25) is 5.02 Å². The van der Waals surface area contributed by atoms with Crippen LogP contribution in [0, 0.1) is 11.2 Å². The fourth-order valence-electron chi connectivity index (χ4n) is 4.72. The van der Waals surface area contributed by atoms with Crippen molar-refractivity contribution in [3.8, 4) is 16.9 Å². The van der Waals surface area contributed by atoms with Crippen LogP contribution in [0.1, 0.15) is 30.4 Å². The van der Waals surface area contributed by atoms with Crippen molar-refractivity contribution in [2.24, 2.45) is 5.73 Å². The molecule has 0 radical (unpaired) electrons. The SMILES string of the molecule is C=C[C@@H](N)CCCc1cc(Cl)c(F)c(-c2cc3cn(-c4ccc(CN[C@@H](C=C)CCNC(=N)CF)cc4)c(=O)nc3[nH]2)c1. The van der Waals surface area contributed by atoms with Gasteiger partial charge >= 0.3 is 5.69 Å². The van der Waals surface area contributed by atoms with Gasteiger partial charge in [-0.2, -0.15) is 4.98 Å². The van der Waals surface area contributed by atoms with Gasteiger partial charge in [0.05, 0.1) is 16.4 Å². The summed E-state index contributed by atoms with van der Waals surface area (Å²) in [7, 11) is 0. The molecule has 0 aliphatic carbocycles. The number of hydrogen-bond donors (Lipinski definition) is 5. The lowest BCUT2D eigenvalue weighted by Gasteiger charge is -2.16. The molecule has 43 heavy (non-hydrogen) atoms. The highest BCUT2D eigenvalue weighted by atomic mass is 35.5. The van der Waals surface area contributed by atoms with E-state index in [1.54, 1.807) is 36.5 Å². The van der Waals surface area contributed by atoms with Crippen molar-refractivity contribution in [2.45, 2.75) is 44.3 Å². The van der Waals surface area contributed by atoms with Gasteiger partial charge < -0.3 is 21.4 Å². The number of benzene rings is 2. The lowest BCUT2D eigenvalue weighted by molar-refractivity contribution is 0.537. The predicted octanol–water partition coefficient (Wildman–Crippen LogP) is 5.58. The summed E-state index contributed by atoms with van der Waals surface area (Å²) in [6, 6.07) is 12.5. The fourth-order valence-corrected chi connectivity index (χ4v) is 4.96. The van der Waals surface area contributed by atoms with Crippen LogP contribution >= 0.6 is 11.6 Å². The summed E-state index contributed by atoms with van der Waals surface area (Å²) in [5.41, 5.74) is 9.07. The summed E-state index contributed by atoms with van der Waals surface area (Å²) in [5, 5.41) is 14.1. The molecule has 2 aromatic carbocycles. The van der Waals surface area contributed by atoms with E-state index in [1.165, 1.54) is 4.57 Å². The number of amidine groups is 1. The number of halogens is 3. The minimum atomic E-state index is -0.816. The normalized spacial score (nSPS) is 12.7. The standard InChI is InChI=1S/C32H36ClF2N7O/c1-3-23(36)7-5-6-21-14-26(30(35)27(33)15-21)28-16-22-19-42(32(43)41-31(22)40-28)25-10-8-20(9-11-25)18-39-24(4-2)12-13-38-29(37)17-34/h3-4,8-11,14-16,19,23-24,39H,1-2,5-7,12-13,17-18,36H2,(H2,37,38)(H,40,41,43)/t23-,24+/m1/s1. The molecular formula is C32H36ClF2N7O. The van der Waals surface area contributed by atoms with Crippen molar-refractivity contribution in [2.75, 3.05) is 13.2 Å². The van der Waals surface area contributed by atoms with E-state index >= 15 is 4.39 Å². The summed E-state index contributed by atoms with van der Waals surface area (Å²) in [5.74, 6) is -0.687. The molecule has 0 saturated heterocycles. The van der Waals surface area contributed by atoms with Gasteiger partial charge in [0.2, 0.25) is 0 Å². The largest absolute Gasteiger partial charge is 0.372 e. The monoisotopic (exact) mass is 607 g/mol. The zero-order chi connectivity index (χ0) is 30.9. The van der Waals surface area contributed by atoms with Gasteiger partial charge in [-0.1, -0.05) is 35.9 Å². The van der Waals surface area contributed by atoms with E-state index < -0.39 is 18.2 Å². The molecule has 0 aliphatic heterocycles. The molecule has 8 nitrogen and oxygen atoms in total. The first-order valence-corrected chi connectivity index (χ1v) is 14.4. The van der Waals surface area contributed by atoms with Crippen molar-refractivity contribution < 1.29 is 8.78 Å². The Kier molecular flexibility index (Phi) is 11.0. The van der Waals surface area contributed by atoms with Gasteiger partial charge in [0.15, 0.2) is 5.82 Å². The molecule has 0 unspecified atom stereocenters. The first kappa shape index (κ1) is 31.8. The summed E-state index contributed by atoms with van der Waals surface area (Å²) < 4.78 is 29.0. The molecule has 0 bridgehead atoms. The zero-order valence-corrected chi connectivity index (χ0v) is 24.6. The molecule has 2 aromatic heterocycles. The average Bonchev–Trinajstić information content (AvgIpc) is 3.42. The Labute approximate surface area is 254 Å². The molecule has 0 amide bonds. The minimum Gasteiger partial charge on any atom is -0.372 e. The molecule has 0 saturated carbocycles. The second-order valence-electron chi connectivity index (χ2n) is 10.3. The number of hydrogen-bond acceptors (Lipinski definition) is 5. The third-order valence-corrected chi connectivity index (χ3v) is 7.46. The third kappa shape index (κ3) is 8.25. The van der Waals surface area contributed by atoms with E-state index in [2.05, 4.69) is 33.8 Å². The predicted molar refractivity (Wildman–Crippen MR) is 170 cm³/mol. The number of aromatic nitrogens is 3. The van der Waals surface area contributed by atoms with E-state index in [0.29, 0.717) is 53.9 Å². The third-order valence-electron chi connectivity index (χ3n) is 7.19. The second-order valence-corrected chi connectivity index (χ2v) is 10.7. The molecule has 2 heterocycles. The van der Waals surface area contributed by atoms with Crippen molar-refractivity contribution >= 4 is 28.5 Å². The van der Waals surface area contributed by atoms with Crippen LogP contribution in [0.25, 0.3) is 28.0 Å². The highest BCUT2D eigenvalue weighted by Crippen LogP contribution is 2.31. The first-order chi connectivity index (χ1) is 20.7. The summed E-state index contributed by atoms with van der Waals surface area (Å²) >= 11 is 6.23. The van der Waals surface area contributed by atoms with E-state index in [0.717, 1.165) is 24.0 Å². The molecule has 6 N–H and O–H groups in total. The van der Waals surface area contributed by atoms with Crippen LogP contribution in [0.3, 0.4) is 0 Å². The molecule has 226 valence electrons. The molecule has 0 spiro atoms. The number of nitrogens with two attached hydrogens (primary N) is 1. The number of nitrogens with zero attached hydrogens (tertiary/aromatic N) is 2. The Morgan fingerprint density at radius 2 is 1.93 bits per heavy atom. The van der Waals surface area contributed by atoms with Crippen LogP contribution in [-0.4, -0.2) is 45.7 Å². The van der Waals surface area contributed by atoms with Gasteiger partial charge in [0.25, 0.3) is 0 Å². The lowest BCUT2D eigenvalue weighted by Crippen LogP contribution is -2.33. The van der Waals surface area contributed by atoms with E-state index in [9.17, 15) is 9.18 Å². The maximum absolute atomic E-state index is 15.1. The van der Waals surface area contributed by atoms with Gasteiger partial charge in [0.1, 0.15) is 18.2 Å². The van der Waals surface area contributed by atoms with E-state index in [-0.39, 0.29) is 22.9 Å². The van der Waals surface area contributed by atoms with Crippen molar-refractivity contribution in [1.29, 1.82) is 5.41 Å². The zero-order valence-electron chi connectivity index (χ0n) is 23.8. The van der Waals surface area contributed by atoms with E-state index in [4.69, 9.17) is 22.7 Å². The molecule has 11 heteroatoms. The van der Waals surface area contributed by atoms with Gasteiger partial charge in [-0.3, -0.25) is 9.98 Å². The molecular weight excluding hydrogens is 572 g/mol. The Bertz CT molecular complexity index is 1650. The van der Waals surface area contributed by atoms with Crippen LogP contribution in [0.4, 0.5) is 8.78 Å². The average molecular weight is 608 g/mol. The smallest absolute Gasteiger partial charge is 0.354 e. The lowest BCUT2D eigenvalue weighted by atomic mass is 10.0. The fraction of sp³-hybridized carbons (Fsp3) is 0.281. The summed E-state index contributed by atoms with van der Waals surface area (Å²) in [6.45, 7) is 7.73. The maximum atomic E-state index is 15.1. The molecule has 0 fully saturated rings. The number of aromatic amines is 1. The highest BCUT2D eigenvalue weighted by molar-refractivity contribution is 6.31. The van der Waals surface area contributed by atoms with Crippen LogP contribution < -0.4 is 22.1 Å². The quantitative estimate of drug-likeness (QED) is 0.0685. The highest BCUT2D eigenvalue weighted by Gasteiger charge is 2.16. The van der Waals surface area contributed by atoms with Crippen molar-refractivity contribution in [3.63, 3.8) is 0 Å². The Morgan fingerprint density at radius 3 is 2.63 bits per heavy atom. The number of rotatable bonds is 15. The number of H-pyrrole nitrogens is 1. The maximum Gasteiger partial charge on any atom is 0.354 e. The Hall–Kier alpha value is -4.12. The first-order valence-electron chi connectivity index (χ1n) is 14.0. The minimum absolute atomic E-state index is 0.0208. The Morgan fingerprint density at radius 1 is 1.16 bits per heavy atom. The second kappa shape index (κ2) is 14.9. The summed E-state index contributed by atoms with van der Waals surface area (Å²) in [6.07, 6.45) is 8.05. The molecule has 4 aromatic rings. The van der Waals surface area contributed by atoms with Crippen LogP contribution in [0.5, 0.6) is 0 Å². The number of nitrogens with one attached hydrogen (secondary N) is 4. The molecule has 4 rings (SSSR count). The van der Waals surface area contributed by atoms with Crippen LogP contribution in [-0.2, 0) is 13.0 Å².